The molecule has 1 aromatic heterocycles. The van der Waals surface area contributed by atoms with Crippen molar-refractivity contribution in [1.82, 2.24) is 4.98 Å². The molecule has 2 heterocycles. The van der Waals surface area contributed by atoms with Gasteiger partial charge in [-0.25, -0.2) is 4.98 Å². The molecule has 2 heteroatoms. The summed E-state index contributed by atoms with van der Waals surface area (Å²) in [6.07, 6.45) is 10.8. The smallest absolute Gasteiger partial charge is 0.129 e. The molecule has 152 valence electrons. The van der Waals surface area contributed by atoms with Gasteiger partial charge in [-0.2, -0.15) is 0 Å². The molecule has 0 amide bonds. The topological polar surface area (TPSA) is 16.1 Å². The van der Waals surface area contributed by atoms with Crippen molar-refractivity contribution >= 4 is 5.82 Å². The zero-order chi connectivity index (χ0) is 20.8. The Morgan fingerprint density at radius 2 is 2.00 bits per heavy atom. The molecule has 0 spiro atoms. The molecule has 2 aromatic rings. The fourth-order valence-corrected chi connectivity index (χ4v) is 4.08. The minimum Gasteiger partial charge on any atom is -0.356 e. The van der Waals surface area contributed by atoms with Crippen molar-refractivity contribution in [1.29, 1.82) is 0 Å². The molecular formula is C27H34N2. The molecule has 0 N–H and O–H groups in total. The second kappa shape index (κ2) is 9.73. The van der Waals surface area contributed by atoms with Crippen LogP contribution < -0.4 is 4.90 Å². The van der Waals surface area contributed by atoms with Crippen LogP contribution in [0.5, 0.6) is 0 Å². The van der Waals surface area contributed by atoms with E-state index in [-0.39, 0.29) is 0 Å². The maximum atomic E-state index is 4.71. The monoisotopic (exact) mass is 386 g/mol. The number of rotatable bonds is 6. The molecule has 0 bridgehead atoms. The van der Waals surface area contributed by atoms with Crippen molar-refractivity contribution in [2.45, 2.75) is 40.5 Å². The molecule has 1 saturated heterocycles. The lowest BCUT2D eigenvalue weighted by Crippen LogP contribution is -2.36. The van der Waals surface area contributed by atoms with Crippen LogP contribution in [0.3, 0.4) is 0 Å². The normalized spacial score (nSPS) is 18.2. The lowest BCUT2D eigenvalue weighted by atomic mass is 9.88. The van der Waals surface area contributed by atoms with Gasteiger partial charge in [0.15, 0.2) is 0 Å². The average molecular weight is 387 g/mol. The van der Waals surface area contributed by atoms with Crippen molar-refractivity contribution in [3.05, 3.63) is 84.1 Å². The number of allylic oxidation sites excluding steroid dienone is 4. The fraction of sp³-hybridized carbons (Fsp3) is 0.370. The maximum absolute atomic E-state index is 4.71. The molecule has 1 atom stereocenters. The Morgan fingerprint density at radius 3 is 2.72 bits per heavy atom. The first kappa shape index (κ1) is 21.1. The molecular weight excluding hydrogens is 352 g/mol. The van der Waals surface area contributed by atoms with E-state index in [1.807, 2.05) is 12.3 Å². The van der Waals surface area contributed by atoms with E-state index in [1.165, 1.54) is 40.7 Å². The van der Waals surface area contributed by atoms with E-state index in [0.29, 0.717) is 11.8 Å². The zero-order valence-corrected chi connectivity index (χ0v) is 18.4. The molecule has 0 radical (unpaired) electrons. The van der Waals surface area contributed by atoms with E-state index in [9.17, 15) is 0 Å². The minimum absolute atomic E-state index is 0.510. The van der Waals surface area contributed by atoms with Gasteiger partial charge in [-0.05, 0) is 67.4 Å². The van der Waals surface area contributed by atoms with Crippen molar-refractivity contribution < 1.29 is 0 Å². The van der Waals surface area contributed by atoms with Crippen LogP contribution >= 0.6 is 0 Å². The summed E-state index contributed by atoms with van der Waals surface area (Å²) in [5.41, 5.74) is 6.60. The number of piperidine rings is 1. The summed E-state index contributed by atoms with van der Waals surface area (Å²) >= 11 is 0. The first-order valence-electron chi connectivity index (χ1n) is 10.8. The van der Waals surface area contributed by atoms with Crippen LogP contribution in [-0.4, -0.2) is 18.1 Å². The first-order chi connectivity index (χ1) is 14.0. The predicted octanol–water partition coefficient (Wildman–Crippen LogP) is 6.99. The second-order valence-electron chi connectivity index (χ2n) is 8.50. The summed E-state index contributed by atoms with van der Waals surface area (Å²) in [6, 6.07) is 13.0. The number of hydrogen-bond acceptors (Lipinski definition) is 2. The number of pyridine rings is 1. The summed E-state index contributed by atoms with van der Waals surface area (Å²) < 4.78 is 0. The van der Waals surface area contributed by atoms with Crippen LogP contribution in [0.25, 0.3) is 11.1 Å². The Morgan fingerprint density at radius 1 is 1.21 bits per heavy atom. The van der Waals surface area contributed by atoms with E-state index in [2.05, 4.69) is 87.7 Å². The van der Waals surface area contributed by atoms with Gasteiger partial charge >= 0.3 is 0 Å². The van der Waals surface area contributed by atoms with Gasteiger partial charge in [-0.3, -0.25) is 0 Å². The highest BCUT2D eigenvalue weighted by atomic mass is 15.2. The largest absolute Gasteiger partial charge is 0.356 e. The zero-order valence-electron chi connectivity index (χ0n) is 18.4. The summed E-state index contributed by atoms with van der Waals surface area (Å²) in [5, 5.41) is 0. The van der Waals surface area contributed by atoms with Crippen molar-refractivity contribution in [2.24, 2.45) is 11.8 Å². The van der Waals surface area contributed by atoms with Gasteiger partial charge in [0, 0.05) is 19.3 Å². The van der Waals surface area contributed by atoms with Crippen LogP contribution in [0.4, 0.5) is 5.82 Å². The van der Waals surface area contributed by atoms with Gasteiger partial charge in [0.2, 0.25) is 0 Å². The summed E-state index contributed by atoms with van der Waals surface area (Å²) in [5.74, 6) is 2.17. The number of anilines is 1. The van der Waals surface area contributed by atoms with E-state index < -0.39 is 0 Å². The Kier molecular flexibility index (Phi) is 7.09. The maximum Gasteiger partial charge on any atom is 0.129 e. The van der Waals surface area contributed by atoms with Crippen LogP contribution in [0, 0.1) is 18.8 Å². The van der Waals surface area contributed by atoms with Gasteiger partial charge < -0.3 is 4.90 Å². The van der Waals surface area contributed by atoms with Crippen molar-refractivity contribution in [3.8, 4) is 11.1 Å². The molecule has 1 aromatic carbocycles. The predicted molar refractivity (Wildman–Crippen MR) is 126 cm³/mol. The van der Waals surface area contributed by atoms with Gasteiger partial charge in [-0.1, -0.05) is 74.1 Å². The van der Waals surface area contributed by atoms with E-state index in [0.717, 1.165) is 18.9 Å². The third kappa shape index (κ3) is 5.47. The Bertz CT molecular complexity index is 904. The standard InChI is InChI=1S/C27H34N2/c1-6-9-23(20(2)3)17-22(5)26-12-8-15-29(19-26)27-18-25(13-14-28-27)24-11-7-10-21(4)16-24/h6-7,9-11,13-14,16-18,20,26H,1,8,12,15,19H2,2-5H3/b22-17+,23-9+. The molecule has 1 unspecified atom stereocenters. The summed E-state index contributed by atoms with van der Waals surface area (Å²) in [6.45, 7) is 14.9. The Hall–Kier alpha value is -2.61. The highest BCUT2D eigenvalue weighted by molar-refractivity contribution is 5.67. The van der Waals surface area contributed by atoms with Crippen LogP contribution in [0.15, 0.2) is 78.5 Å². The number of hydrogen-bond donors (Lipinski definition) is 0. The van der Waals surface area contributed by atoms with Crippen LogP contribution in [0.1, 0.15) is 39.2 Å². The van der Waals surface area contributed by atoms with Gasteiger partial charge in [0.25, 0.3) is 0 Å². The lowest BCUT2D eigenvalue weighted by molar-refractivity contribution is 0.463. The molecule has 1 aliphatic rings. The SMILES string of the molecule is C=C/C=C(\C=C(/C)C1CCCN(c2cc(-c3cccc(C)c3)ccn2)C1)C(C)C. The van der Waals surface area contributed by atoms with Crippen molar-refractivity contribution in [3.63, 3.8) is 0 Å². The quantitative estimate of drug-likeness (QED) is 0.497. The van der Waals surface area contributed by atoms with Gasteiger partial charge in [0.1, 0.15) is 5.82 Å². The molecule has 1 fully saturated rings. The van der Waals surface area contributed by atoms with Gasteiger partial charge in [0.05, 0.1) is 0 Å². The number of benzene rings is 1. The molecule has 1 aliphatic heterocycles. The highest BCUT2D eigenvalue weighted by Gasteiger charge is 2.22. The molecule has 29 heavy (non-hydrogen) atoms. The summed E-state index contributed by atoms with van der Waals surface area (Å²) in [4.78, 5) is 7.16. The molecule has 2 nitrogen and oxygen atoms in total. The van der Waals surface area contributed by atoms with Gasteiger partial charge in [-0.15, -0.1) is 0 Å². The van der Waals surface area contributed by atoms with E-state index in [1.54, 1.807) is 0 Å². The number of aromatic nitrogens is 1. The van der Waals surface area contributed by atoms with E-state index in [4.69, 9.17) is 4.98 Å². The second-order valence-corrected chi connectivity index (χ2v) is 8.50. The third-order valence-electron chi connectivity index (χ3n) is 5.86. The number of nitrogens with zero attached hydrogens (tertiary/aromatic N) is 2. The third-order valence-corrected chi connectivity index (χ3v) is 5.86. The Balaban J connectivity index is 1.80. The molecule has 0 aliphatic carbocycles. The first-order valence-corrected chi connectivity index (χ1v) is 10.8. The molecule has 0 saturated carbocycles. The Labute approximate surface area is 176 Å². The van der Waals surface area contributed by atoms with Crippen LogP contribution in [0.2, 0.25) is 0 Å². The highest BCUT2D eigenvalue weighted by Crippen LogP contribution is 2.30. The number of aryl methyl sites for hydroxylation is 1. The summed E-state index contributed by atoms with van der Waals surface area (Å²) in [7, 11) is 0. The van der Waals surface area contributed by atoms with E-state index >= 15 is 0 Å². The van der Waals surface area contributed by atoms with Crippen LogP contribution in [-0.2, 0) is 0 Å². The lowest BCUT2D eigenvalue weighted by Gasteiger charge is -2.34. The molecule has 3 rings (SSSR count). The average Bonchev–Trinajstić information content (AvgIpc) is 2.73. The minimum atomic E-state index is 0.510. The fourth-order valence-electron chi connectivity index (χ4n) is 4.08. The van der Waals surface area contributed by atoms with Crippen molar-refractivity contribution in [2.75, 3.05) is 18.0 Å².